The minimum atomic E-state index is -3.53. The lowest BCUT2D eigenvalue weighted by Gasteiger charge is -2.23. The van der Waals surface area contributed by atoms with Crippen molar-refractivity contribution in [3.63, 3.8) is 0 Å². The molecule has 0 heterocycles. The van der Waals surface area contributed by atoms with E-state index in [1.165, 1.54) is 42.5 Å². The Morgan fingerprint density at radius 2 is 1.96 bits per heavy atom. The zero-order chi connectivity index (χ0) is 20.6. The maximum absolute atomic E-state index is 12.2. The van der Waals surface area contributed by atoms with Crippen molar-refractivity contribution >= 4 is 56.6 Å². The average molecular weight is 467 g/mol. The van der Waals surface area contributed by atoms with E-state index in [0.717, 1.165) is 17.3 Å². The highest BCUT2D eigenvalue weighted by Gasteiger charge is 2.20. The molecule has 1 N–H and O–H groups in total. The Balaban J connectivity index is 1.75. The Morgan fingerprint density at radius 3 is 2.64 bits per heavy atom. The second-order valence-electron chi connectivity index (χ2n) is 7.02. The zero-order valence-electron chi connectivity index (χ0n) is 16.1. The molecule has 1 aliphatic rings. The second-order valence-corrected chi connectivity index (χ2v) is 11.2. The maximum atomic E-state index is 12.2. The van der Waals surface area contributed by atoms with Crippen molar-refractivity contribution < 1.29 is 13.2 Å². The van der Waals surface area contributed by atoms with Crippen LogP contribution in [0.15, 0.2) is 18.2 Å². The third-order valence-corrected chi connectivity index (χ3v) is 7.79. The van der Waals surface area contributed by atoms with Crippen LogP contribution in [0.2, 0.25) is 10.0 Å². The quantitative estimate of drug-likeness (QED) is 0.506. The summed E-state index contributed by atoms with van der Waals surface area (Å²) in [6.07, 6.45) is 8.33. The van der Waals surface area contributed by atoms with Gasteiger partial charge in [0.2, 0.25) is 15.9 Å². The highest BCUT2D eigenvalue weighted by atomic mass is 35.5. The van der Waals surface area contributed by atoms with Gasteiger partial charge in [0, 0.05) is 35.5 Å². The summed E-state index contributed by atoms with van der Waals surface area (Å²) in [5.74, 6) is 0.860. The average Bonchev–Trinajstić information content (AvgIpc) is 2.64. The molecule has 1 aliphatic carbocycles. The summed E-state index contributed by atoms with van der Waals surface area (Å²) in [6, 6.07) is 4.69. The lowest BCUT2D eigenvalue weighted by Crippen LogP contribution is -2.32. The van der Waals surface area contributed by atoms with Gasteiger partial charge >= 0.3 is 0 Å². The molecule has 0 radical (unpaired) electrons. The number of carbonyl (C=O) groups excluding carboxylic acids is 1. The molecule has 2 rings (SSSR count). The third kappa shape index (κ3) is 8.01. The van der Waals surface area contributed by atoms with Gasteiger partial charge in [0.05, 0.1) is 17.0 Å². The summed E-state index contributed by atoms with van der Waals surface area (Å²) in [5, 5.41) is 4.36. The fraction of sp³-hybridized carbons (Fsp3) is 0.632. The summed E-state index contributed by atoms with van der Waals surface area (Å²) in [7, 11) is -3.53. The number of nitrogens with one attached hydrogen (secondary N) is 1. The maximum Gasteiger partial charge on any atom is 0.232 e. The van der Waals surface area contributed by atoms with Crippen LogP contribution >= 0.6 is 35.0 Å². The summed E-state index contributed by atoms with van der Waals surface area (Å²) >= 11 is 14.1. The standard InChI is InChI=1S/C19H28Cl2N2O3S2/c1-28(25,26)23(18-14-15(20)9-10-17(18)21)12-5-8-19(24)22-11-13-27-16-6-3-2-4-7-16/h9-10,14,16H,2-8,11-13H2,1H3,(H,22,24). The molecule has 0 aromatic heterocycles. The molecule has 0 bridgehead atoms. The Kier molecular flexibility index (Phi) is 9.74. The van der Waals surface area contributed by atoms with Crippen molar-refractivity contribution in [1.29, 1.82) is 0 Å². The molecule has 5 nitrogen and oxygen atoms in total. The number of carbonyl (C=O) groups is 1. The van der Waals surface area contributed by atoms with Crippen molar-refractivity contribution in [2.24, 2.45) is 0 Å². The second kappa shape index (κ2) is 11.5. The lowest BCUT2D eigenvalue weighted by atomic mass is 10.0. The highest BCUT2D eigenvalue weighted by Crippen LogP contribution is 2.31. The Morgan fingerprint density at radius 1 is 1.25 bits per heavy atom. The minimum absolute atomic E-state index is 0.0603. The van der Waals surface area contributed by atoms with Gasteiger partial charge in [-0.2, -0.15) is 11.8 Å². The number of hydrogen-bond acceptors (Lipinski definition) is 4. The number of thioether (sulfide) groups is 1. The Bertz CT molecular complexity index is 754. The van der Waals surface area contributed by atoms with Crippen molar-refractivity contribution in [2.75, 3.05) is 29.4 Å². The normalized spacial score (nSPS) is 15.4. The number of nitrogens with zero attached hydrogens (tertiary/aromatic N) is 1. The molecular formula is C19H28Cl2N2O3S2. The van der Waals surface area contributed by atoms with Gasteiger partial charge in [0.1, 0.15) is 0 Å². The van der Waals surface area contributed by atoms with Gasteiger partial charge in [0.15, 0.2) is 0 Å². The van der Waals surface area contributed by atoms with Crippen LogP contribution in [0, 0.1) is 0 Å². The van der Waals surface area contributed by atoms with Gasteiger partial charge in [-0.15, -0.1) is 0 Å². The van der Waals surface area contributed by atoms with Gasteiger partial charge < -0.3 is 5.32 Å². The smallest absolute Gasteiger partial charge is 0.232 e. The van der Waals surface area contributed by atoms with Crippen molar-refractivity contribution in [3.8, 4) is 0 Å². The molecule has 28 heavy (non-hydrogen) atoms. The Labute approximate surface area is 182 Å². The molecule has 0 atom stereocenters. The van der Waals surface area contributed by atoms with E-state index in [1.807, 2.05) is 11.8 Å². The van der Waals surface area contributed by atoms with E-state index in [9.17, 15) is 13.2 Å². The summed E-state index contributed by atoms with van der Waals surface area (Å²) < 4.78 is 25.5. The first-order valence-corrected chi connectivity index (χ1v) is 13.2. The highest BCUT2D eigenvalue weighted by molar-refractivity contribution is 7.99. The number of hydrogen-bond donors (Lipinski definition) is 1. The summed E-state index contributed by atoms with van der Waals surface area (Å²) in [5.41, 5.74) is 0.334. The monoisotopic (exact) mass is 466 g/mol. The van der Waals surface area contributed by atoms with Gasteiger partial charge in [-0.3, -0.25) is 9.10 Å². The molecule has 0 unspecified atom stereocenters. The summed E-state index contributed by atoms with van der Waals surface area (Å²) in [4.78, 5) is 12.0. The number of halogens is 2. The molecule has 158 valence electrons. The molecule has 0 aliphatic heterocycles. The van der Waals surface area contributed by atoms with Gasteiger partial charge in [-0.05, 0) is 37.5 Å². The van der Waals surface area contributed by atoms with Gasteiger partial charge in [0.25, 0.3) is 0 Å². The van der Waals surface area contributed by atoms with E-state index in [0.29, 0.717) is 28.7 Å². The topological polar surface area (TPSA) is 66.5 Å². The largest absolute Gasteiger partial charge is 0.355 e. The van der Waals surface area contributed by atoms with Crippen LogP contribution in [0.5, 0.6) is 0 Å². The minimum Gasteiger partial charge on any atom is -0.355 e. The molecule has 0 saturated heterocycles. The fourth-order valence-corrected chi connectivity index (χ4v) is 5.89. The number of anilines is 1. The van der Waals surface area contributed by atoms with E-state index in [2.05, 4.69) is 5.32 Å². The first kappa shape index (κ1) is 23.6. The third-order valence-electron chi connectivity index (χ3n) is 4.67. The van der Waals surface area contributed by atoms with Crippen LogP contribution in [0.4, 0.5) is 5.69 Å². The molecule has 9 heteroatoms. The van der Waals surface area contributed by atoms with E-state index in [4.69, 9.17) is 23.2 Å². The van der Waals surface area contributed by atoms with E-state index in [1.54, 1.807) is 12.1 Å². The van der Waals surface area contributed by atoms with E-state index < -0.39 is 10.0 Å². The molecule has 1 aromatic carbocycles. The van der Waals surface area contributed by atoms with Crippen molar-refractivity contribution in [1.82, 2.24) is 5.32 Å². The molecule has 0 spiro atoms. The van der Waals surface area contributed by atoms with Crippen LogP contribution < -0.4 is 9.62 Å². The van der Waals surface area contributed by atoms with Crippen LogP contribution in [-0.2, 0) is 14.8 Å². The molecule has 1 saturated carbocycles. The van der Waals surface area contributed by atoms with Crippen LogP contribution in [0.1, 0.15) is 44.9 Å². The van der Waals surface area contributed by atoms with Crippen LogP contribution in [-0.4, -0.2) is 44.7 Å². The first-order chi connectivity index (χ1) is 13.3. The predicted molar refractivity (Wildman–Crippen MR) is 120 cm³/mol. The van der Waals surface area contributed by atoms with Gasteiger partial charge in [-0.25, -0.2) is 8.42 Å². The number of amides is 1. The van der Waals surface area contributed by atoms with Crippen molar-refractivity contribution in [2.45, 2.75) is 50.2 Å². The number of sulfonamides is 1. The number of rotatable bonds is 10. The van der Waals surface area contributed by atoms with Crippen LogP contribution in [0.3, 0.4) is 0 Å². The molecular weight excluding hydrogens is 439 g/mol. The molecule has 1 aromatic rings. The summed E-state index contributed by atoms with van der Waals surface area (Å²) in [6.45, 7) is 0.819. The Hall–Kier alpha value is -0.630. The number of benzene rings is 1. The zero-order valence-corrected chi connectivity index (χ0v) is 19.3. The van der Waals surface area contributed by atoms with E-state index >= 15 is 0 Å². The SMILES string of the molecule is CS(=O)(=O)N(CCCC(=O)NCCSC1CCCCC1)c1cc(Cl)ccc1Cl. The van der Waals surface area contributed by atoms with Gasteiger partial charge in [-0.1, -0.05) is 42.5 Å². The molecule has 1 amide bonds. The lowest BCUT2D eigenvalue weighted by molar-refractivity contribution is -0.121. The van der Waals surface area contributed by atoms with Crippen molar-refractivity contribution in [3.05, 3.63) is 28.2 Å². The van der Waals surface area contributed by atoms with Crippen LogP contribution in [0.25, 0.3) is 0 Å². The predicted octanol–water partition coefficient (Wildman–Crippen LogP) is 4.72. The van der Waals surface area contributed by atoms with E-state index in [-0.39, 0.29) is 18.9 Å². The fourth-order valence-electron chi connectivity index (χ4n) is 3.26. The first-order valence-electron chi connectivity index (χ1n) is 9.58. The molecule has 1 fully saturated rings.